The lowest BCUT2D eigenvalue weighted by Crippen LogP contribution is -2.36. The van der Waals surface area contributed by atoms with E-state index in [1.54, 1.807) is 19.1 Å². The first kappa shape index (κ1) is 14.7. The molecule has 1 aromatic rings. The molecule has 0 saturated heterocycles. The first-order chi connectivity index (χ1) is 8.58. The molecule has 0 aromatic heterocycles. The Kier molecular flexibility index (Phi) is 5.88. The topological polar surface area (TPSA) is 64.3 Å². The SMILES string of the molecule is C=CCNC(=O)C(C)Oc1ccc(Br)cc1CN. The Hall–Kier alpha value is -1.33. The molecule has 98 valence electrons. The molecule has 0 radical (unpaired) electrons. The van der Waals surface area contributed by atoms with Crippen molar-refractivity contribution in [1.82, 2.24) is 5.32 Å². The van der Waals surface area contributed by atoms with E-state index < -0.39 is 6.10 Å². The van der Waals surface area contributed by atoms with Crippen molar-refractivity contribution < 1.29 is 9.53 Å². The number of hydrogen-bond acceptors (Lipinski definition) is 3. The largest absolute Gasteiger partial charge is 0.481 e. The molecule has 1 aromatic carbocycles. The van der Waals surface area contributed by atoms with Crippen LogP contribution in [0.4, 0.5) is 0 Å². The Morgan fingerprint density at radius 3 is 3.00 bits per heavy atom. The smallest absolute Gasteiger partial charge is 0.261 e. The molecule has 4 nitrogen and oxygen atoms in total. The minimum absolute atomic E-state index is 0.180. The molecule has 0 saturated carbocycles. The fourth-order valence-electron chi connectivity index (χ4n) is 1.38. The number of benzene rings is 1. The van der Waals surface area contributed by atoms with Gasteiger partial charge >= 0.3 is 0 Å². The number of nitrogens with two attached hydrogens (primary N) is 1. The maximum atomic E-state index is 11.6. The first-order valence-corrected chi connectivity index (χ1v) is 6.41. The lowest BCUT2D eigenvalue weighted by Gasteiger charge is -2.16. The van der Waals surface area contributed by atoms with Crippen molar-refractivity contribution >= 4 is 21.8 Å². The Balaban J connectivity index is 2.71. The molecule has 18 heavy (non-hydrogen) atoms. The first-order valence-electron chi connectivity index (χ1n) is 5.62. The van der Waals surface area contributed by atoms with Crippen molar-refractivity contribution in [2.24, 2.45) is 5.73 Å². The molecule has 0 aliphatic heterocycles. The molecule has 0 fully saturated rings. The van der Waals surface area contributed by atoms with Gasteiger partial charge in [0.15, 0.2) is 6.10 Å². The normalized spacial score (nSPS) is 11.7. The van der Waals surface area contributed by atoms with Crippen LogP contribution in [-0.2, 0) is 11.3 Å². The van der Waals surface area contributed by atoms with Crippen LogP contribution in [0.3, 0.4) is 0 Å². The molecule has 0 aliphatic rings. The minimum Gasteiger partial charge on any atom is -0.481 e. The molecule has 1 amide bonds. The van der Waals surface area contributed by atoms with Crippen LogP contribution in [0.5, 0.6) is 5.75 Å². The number of rotatable bonds is 6. The summed E-state index contributed by atoms with van der Waals surface area (Å²) >= 11 is 3.36. The number of carbonyl (C=O) groups is 1. The van der Waals surface area contributed by atoms with Gasteiger partial charge in [-0.15, -0.1) is 6.58 Å². The van der Waals surface area contributed by atoms with Crippen LogP contribution >= 0.6 is 15.9 Å². The van der Waals surface area contributed by atoms with Crippen molar-refractivity contribution in [2.45, 2.75) is 19.6 Å². The predicted molar refractivity (Wildman–Crippen MR) is 75.3 cm³/mol. The number of hydrogen-bond donors (Lipinski definition) is 2. The summed E-state index contributed by atoms with van der Waals surface area (Å²) in [5, 5.41) is 2.68. The second-order valence-electron chi connectivity index (χ2n) is 3.75. The Morgan fingerprint density at radius 1 is 1.67 bits per heavy atom. The van der Waals surface area contributed by atoms with Gasteiger partial charge in [-0.25, -0.2) is 0 Å². The fraction of sp³-hybridized carbons (Fsp3) is 0.308. The second kappa shape index (κ2) is 7.18. The summed E-state index contributed by atoms with van der Waals surface area (Å²) in [4.78, 5) is 11.6. The van der Waals surface area contributed by atoms with Gasteiger partial charge in [0.05, 0.1) is 0 Å². The molecular formula is C13H17BrN2O2. The third-order valence-electron chi connectivity index (χ3n) is 2.34. The zero-order valence-corrected chi connectivity index (χ0v) is 11.9. The van der Waals surface area contributed by atoms with Crippen LogP contribution in [0, 0.1) is 0 Å². The Labute approximate surface area is 115 Å². The second-order valence-corrected chi connectivity index (χ2v) is 4.67. The summed E-state index contributed by atoms with van der Waals surface area (Å²) in [7, 11) is 0. The van der Waals surface area contributed by atoms with Gasteiger partial charge in [-0.1, -0.05) is 22.0 Å². The van der Waals surface area contributed by atoms with Crippen molar-refractivity contribution in [3.8, 4) is 5.75 Å². The highest BCUT2D eigenvalue weighted by atomic mass is 79.9. The molecule has 0 heterocycles. The van der Waals surface area contributed by atoms with Crippen LogP contribution in [0.2, 0.25) is 0 Å². The van der Waals surface area contributed by atoms with Crippen LogP contribution < -0.4 is 15.8 Å². The van der Waals surface area contributed by atoms with E-state index in [0.717, 1.165) is 10.0 Å². The van der Waals surface area contributed by atoms with Gasteiger partial charge in [-0.05, 0) is 25.1 Å². The predicted octanol–water partition coefficient (Wildman–Crippen LogP) is 1.98. The highest BCUT2D eigenvalue weighted by Gasteiger charge is 2.15. The maximum Gasteiger partial charge on any atom is 0.261 e. The van der Waals surface area contributed by atoms with Gasteiger partial charge in [0.1, 0.15) is 5.75 Å². The van der Waals surface area contributed by atoms with Crippen LogP contribution in [0.25, 0.3) is 0 Å². The summed E-state index contributed by atoms with van der Waals surface area (Å²) in [5.41, 5.74) is 6.49. The quantitative estimate of drug-likeness (QED) is 0.789. The van der Waals surface area contributed by atoms with Gasteiger partial charge < -0.3 is 15.8 Å². The summed E-state index contributed by atoms with van der Waals surface area (Å²) < 4.78 is 6.53. The lowest BCUT2D eigenvalue weighted by atomic mass is 10.2. The van der Waals surface area contributed by atoms with Gasteiger partial charge in [0.25, 0.3) is 5.91 Å². The molecule has 3 N–H and O–H groups in total. The summed E-state index contributed by atoms with van der Waals surface area (Å²) in [6.45, 7) is 6.02. The fourth-order valence-corrected chi connectivity index (χ4v) is 1.79. The molecule has 5 heteroatoms. The van der Waals surface area contributed by atoms with Crippen molar-refractivity contribution in [3.05, 3.63) is 40.9 Å². The van der Waals surface area contributed by atoms with E-state index in [1.807, 2.05) is 12.1 Å². The summed E-state index contributed by atoms with van der Waals surface area (Å²) in [6.07, 6.45) is 1.05. The van der Waals surface area contributed by atoms with E-state index >= 15 is 0 Å². The number of amides is 1. The van der Waals surface area contributed by atoms with Crippen molar-refractivity contribution in [3.63, 3.8) is 0 Å². The summed E-state index contributed by atoms with van der Waals surface area (Å²) in [5.74, 6) is 0.447. The van der Waals surface area contributed by atoms with Gasteiger partial charge in [-0.2, -0.15) is 0 Å². The number of carbonyl (C=O) groups excluding carboxylic acids is 1. The van der Waals surface area contributed by atoms with Crippen molar-refractivity contribution in [2.75, 3.05) is 6.54 Å². The van der Waals surface area contributed by atoms with E-state index in [0.29, 0.717) is 18.8 Å². The van der Waals surface area contributed by atoms with Crippen LogP contribution in [0.1, 0.15) is 12.5 Å². The molecule has 0 aliphatic carbocycles. The molecule has 1 atom stereocenters. The number of ether oxygens (including phenoxy) is 1. The van der Waals surface area contributed by atoms with Gasteiger partial charge in [0.2, 0.25) is 0 Å². The zero-order valence-electron chi connectivity index (χ0n) is 10.3. The van der Waals surface area contributed by atoms with Crippen LogP contribution in [-0.4, -0.2) is 18.6 Å². The zero-order chi connectivity index (χ0) is 13.5. The monoisotopic (exact) mass is 312 g/mol. The standard InChI is InChI=1S/C13H17BrN2O2/c1-3-6-16-13(17)9(2)18-12-5-4-11(14)7-10(12)8-15/h3-5,7,9H,1,6,8,15H2,2H3,(H,16,17). The maximum absolute atomic E-state index is 11.6. The van der Waals surface area contributed by atoms with Crippen molar-refractivity contribution in [1.29, 1.82) is 0 Å². The average molecular weight is 313 g/mol. The van der Waals surface area contributed by atoms with E-state index in [9.17, 15) is 4.79 Å². The van der Waals surface area contributed by atoms with Gasteiger partial charge in [0, 0.05) is 23.1 Å². The van der Waals surface area contributed by atoms with Gasteiger partial charge in [-0.3, -0.25) is 4.79 Å². The summed E-state index contributed by atoms with van der Waals surface area (Å²) in [6, 6.07) is 5.52. The number of nitrogens with one attached hydrogen (secondary N) is 1. The molecule has 0 spiro atoms. The Bertz CT molecular complexity index is 435. The van der Waals surface area contributed by atoms with E-state index in [2.05, 4.69) is 27.8 Å². The average Bonchev–Trinajstić information content (AvgIpc) is 2.37. The third-order valence-corrected chi connectivity index (χ3v) is 2.83. The molecule has 1 rings (SSSR count). The third kappa shape index (κ3) is 4.16. The van der Waals surface area contributed by atoms with E-state index in [1.165, 1.54) is 0 Å². The highest BCUT2D eigenvalue weighted by Crippen LogP contribution is 2.23. The van der Waals surface area contributed by atoms with Crippen LogP contribution in [0.15, 0.2) is 35.3 Å². The van der Waals surface area contributed by atoms with E-state index in [-0.39, 0.29) is 5.91 Å². The number of halogens is 1. The van der Waals surface area contributed by atoms with E-state index in [4.69, 9.17) is 10.5 Å². The minimum atomic E-state index is -0.573. The molecule has 1 unspecified atom stereocenters. The lowest BCUT2D eigenvalue weighted by molar-refractivity contribution is -0.127. The molecular weight excluding hydrogens is 296 g/mol. The Morgan fingerprint density at radius 2 is 2.39 bits per heavy atom. The highest BCUT2D eigenvalue weighted by molar-refractivity contribution is 9.10. The molecule has 0 bridgehead atoms.